The summed E-state index contributed by atoms with van der Waals surface area (Å²) >= 11 is 0. The first kappa shape index (κ1) is 13.4. The van der Waals surface area contributed by atoms with Gasteiger partial charge in [-0.2, -0.15) is 0 Å². The zero-order valence-corrected chi connectivity index (χ0v) is 9.80. The second-order valence-electron chi connectivity index (χ2n) is 4.25. The van der Waals surface area contributed by atoms with Gasteiger partial charge in [0.25, 0.3) is 0 Å². The molecule has 3 heteroatoms. The van der Waals surface area contributed by atoms with Gasteiger partial charge in [-0.3, -0.25) is 4.79 Å². The second kappa shape index (κ2) is 7.80. The average molecular weight is 201 g/mol. The first-order chi connectivity index (χ1) is 6.52. The van der Waals surface area contributed by atoms with Crippen molar-refractivity contribution in [3.63, 3.8) is 0 Å². The van der Waals surface area contributed by atoms with E-state index in [1.165, 1.54) is 6.42 Å². The quantitative estimate of drug-likeness (QED) is 0.505. The Bertz CT molecular complexity index is 155. The van der Waals surface area contributed by atoms with Gasteiger partial charge in [-0.1, -0.05) is 13.8 Å². The minimum Gasteiger partial charge on any atom is -0.462 e. The summed E-state index contributed by atoms with van der Waals surface area (Å²) in [4.78, 5) is 11.1. The molecule has 0 aliphatic heterocycles. The van der Waals surface area contributed by atoms with E-state index in [2.05, 4.69) is 19.2 Å². The van der Waals surface area contributed by atoms with Crippen LogP contribution in [-0.2, 0) is 9.53 Å². The minimum absolute atomic E-state index is 0.0139. The predicted molar refractivity (Wildman–Crippen MR) is 58.2 cm³/mol. The average Bonchev–Trinajstić information content (AvgIpc) is 2.01. The van der Waals surface area contributed by atoms with Crippen molar-refractivity contribution in [1.82, 2.24) is 5.32 Å². The lowest BCUT2D eigenvalue weighted by Crippen LogP contribution is -2.27. The number of nitrogens with one attached hydrogen (secondary N) is 1. The second-order valence-corrected chi connectivity index (χ2v) is 4.25. The molecular formula is C11H23NO2. The van der Waals surface area contributed by atoms with E-state index >= 15 is 0 Å². The molecule has 0 amide bonds. The summed E-state index contributed by atoms with van der Waals surface area (Å²) in [6.45, 7) is 9.34. The van der Waals surface area contributed by atoms with Gasteiger partial charge in [-0.15, -0.1) is 0 Å². The number of ether oxygens (including phenoxy) is 1. The summed E-state index contributed by atoms with van der Waals surface area (Å²) in [7, 11) is 0. The minimum atomic E-state index is -0.162. The van der Waals surface area contributed by atoms with Gasteiger partial charge in [0, 0.05) is 0 Å². The molecule has 14 heavy (non-hydrogen) atoms. The Labute approximate surface area is 87.2 Å². The summed E-state index contributed by atoms with van der Waals surface area (Å²) in [6.07, 6.45) is 2.30. The summed E-state index contributed by atoms with van der Waals surface area (Å²) < 4.78 is 4.98. The topological polar surface area (TPSA) is 38.3 Å². The fourth-order valence-corrected chi connectivity index (χ4v) is 1.13. The van der Waals surface area contributed by atoms with Crippen molar-refractivity contribution in [2.24, 2.45) is 5.92 Å². The van der Waals surface area contributed by atoms with Crippen LogP contribution in [0.2, 0.25) is 0 Å². The first-order valence-corrected chi connectivity index (χ1v) is 5.42. The van der Waals surface area contributed by atoms with Gasteiger partial charge < -0.3 is 10.1 Å². The number of hydrogen-bond donors (Lipinski definition) is 1. The predicted octanol–water partition coefficient (Wildman–Crippen LogP) is 1.96. The summed E-state index contributed by atoms with van der Waals surface area (Å²) in [5.74, 6) is 0.573. The van der Waals surface area contributed by atoms with E-state index in [0.717, 1.165) is 18.9 Å². The van der Waals surface area contributed by atoms with Crippen LogP contribution >= 0.6 is 0 Å². The maximum atomic E-state index is 11.1. The molecule has 0 unspecified atom stereocenters. The van der Waals surface area contributed by atoms with Crippen LogP contribution in [0.4, 0.5) is 0 Å². The van der Waals surface area contributed by atoms with Gasteiger partial charge >= 0.3 is 5.97 Å². The number of rotatable bonds is 7. The molecule has 0 saturated carbocycles. The van der Waals surface area contributed by atoms with Crippen LogP contribution in [0.3, 0.4) is 0 Å². The molecule has 0 saturated heterocycles. The highest BCUT2D eigenvalue weighted by Gasteiger charge is 2.03. The van der Waals surface area contributed by atoms with E-state index in [1.807, 2.05) is 13.8 Å². The number of carbonyl (C=O) groups excluding carboxylic acids is 1. The highest BCUT2D eigenvalue weighted by atomic mass is 16.5. The summed E-state index contributed by atoms with van der Waals surface area (Å²) in [5.41, 5.74) is 0. The molecule has 0 rings (SSSR count). The van der Waals surface area contributed by atoms with Crippen molar-refractivity contribution in [2.75, 3.05) is 13.1 Å². The summed E-state index contributed by atoms with van der Waals surface area (Å²) in [5, 5.41) is 3.07. The molecule has 3 nitrogen and oxygen atoms in total. The van der Waals surface area contributed by atoms with Crippen molar-refractivity contribution in [3.05, 3.63) is 0 Å². The zero-order valence-electron chi connectivity index (χ0n) is 9.80. The van der Waals surface area contributed by atoms with Crippen LogP contribution in [0.15, 0.2) is 0 Å². The number of hydrogen-bond acceptors (Lipinski definition) is 3. The van der Waals surface area contributed by atoms with E-state index in [-0.39, 0.29) is 12.1 Å². The SMILES string of the molecule is CC(C)CCCNCC(=O)OC(C)C. The molecule has 1 N–H and O–H groups in total. The normalized spacial score (nSPS) is 11.0. The molecule has 0 aliphatic carbocycles. The third-order valence-electron chi connectivity index (χ3n) is 1.77. The van der Waals surface area contributed by atoms with Gasteiger partial charge in [0.15, 0.2) is 0 Å². The van der Waals surface area contributed by atoms with Crippen molar-refractivity contribution in [2.45, 2.75) is 46.6 Å². The molecule has 0 atom stereocenters. The molecule has 0 aromatic carbocycles. The van der Waals surface area contributed by atoms with Gasteiger partial charge in [0.2, 0.25) is 0 Å². The Balaban J connectivity index is 3.23. The standard InChI is InChI=1S/C11H23NO2/c1-9(2)6-5-7-12-8-11(13)14-10(3)4/h9-10,12H,5-8H2,1-4H3. The molecule has 0 radical (unpaired) electrons. The lowest BCUT2D eigenvalue weighted by Gasteiger charge is -2.09. The van der Waals surface area contributed by atoms with E-state index < -0.39 is 0 Å². The van der Waals surface area contributed by atoms with Crippen LogP contribution in [0.5, 0.6) is 0 Å². The van der Waals surface area contributed by atoms with Crippen LogP contribution in [0.1, 0.15) is 40.5 Å². The maximum absolute atomic E-state index is 11.1. The number of esters is 1. The van der Waals surface area contributed by atoms with Gasteiger partial charge in [0.1, 0.15) is 0 Å². The molecule has 0 aliphatic rings. The molecule has 0 spiro atoms. The van der Waals surface area contributed by atoms with Crippen molar-refractivity contribution < 1.29 is 9.53 Å². The smallest absolute Gasteiger partial charge is 0.320 e. The Morgan fingerprint density at radius 2 is 1.93 bits per heavy atom. The van der Waals surface area contributed by atoms with Gasteiger partial charge in [0.05, 0.1) is 12.6 Å². The molecule has 0 heterocycles. The third-order valence-corrected chi connectivity index (χ3v) is 1.77. The largest absolute Gasteiger partial charge is 0.462 e. The van der Waals surface area contributed by atoms with Crippen LogP contribution < -0.4 is 5.32 Å². The van der Waals surface area contributed by atoms with E-state index in [0.29, 0.717) is 6.54 Å². The Morgan fingerprint density at radius 3 is 2.43 bits per heavy atom. The van der Waals surface area contributed by atoms with E-state index in [4.69, 9.17) is 4.74 Å². The lowest BCUT2D eigenvalue weighted by molar-refractivity contribution is -0.146. The lowest BCUT2D eigenvalue weighted by atomic mass is 10.1. The van der Waals surface area contributed by atoms with Gasteiger partial charge in [-0.25, -0.2) is 0 Å². The highest BCUT2D eigenvalue weighted by molar-refractivity contribution is 5.71. The van der Waals surface area contributed by atoms with Crippen molar-refractivity contribution in [3.8, 4) is 0 Å². The third kappa shape index (κ3) is 9.52. The number of carbonyl (C=O) groups is 1. The maximum Gasteiger partial charge on any atom is 0.320 e. The van der Waals surface area contributed by atoms with E-state index in [1.54, 1.807) is 0 Å². The molecular weight excluding hydrogens is 178 g/mol. The fourth-order valence-electron chi connectivity index (χ4n) is 1.13. The van der Waals surface area contributed by atoms with Gasteiger partial charge in [-0.05, 0) is 39.2 Å². The van der Waals surface area contributed by atoms with Crippen LogP contribution in [0, 0.1) is 5.92 Å². The Kier molecular flexibility index (Phi) is 7.48. The fraction of sp³-hybridized carbons (Fsp3) is 0.909. The molecule has 0 aromatic heterocycles. The zero-order chi connectivity index (χ0) is 11.0. The van der Waals surface area contributed by atoms with Crippen molar-refractivity contribution >= 4 is 5.97 Å². The van der Waals surface area contributed by atoms with E-state index in [9.17, 15) is 4.79 Å². The Morgan fingerprint density at radius 1 is 1.29 bits per heavy atom. The van der Waals surface area contributed by atoms with Crippen molar-refractivity contribution in [1.29, 1.82) is 0 Å². The molecule has 84 valence electrons. The summed E-state index contributed by atoms with van der Waals surface area (Å²) in [6, 6.07) is 0. The van der Waals surface area contributed by atoms with Crippen LogP contribution in [-0.4, -0.2) is 25.2 Å². The monoisotopic (exact) mass is 201 g/mol. The molecule has 0 aromatic rings. The molecule has 0 fully saturated rings. The van der Waals surface area contributed by atoms with Crippen LogP contribution in [0.25, 0.3) is 0 Å². The Hall–Kier alpha value is -0.570. The first-order valence-electron chi connectivity index (χ1n) is 5.42. The highest BCUT2D eigenvalue weighted by Crippen LogP contribution is 2.01. The molecule has 0 bridgehead atoms.